The standard InChI is InChI=1S/C12H12F2N4S/c1-6-5-9(18(2)17-6)16-8-4-3-7(12(15)19)10(13)11(8)14/h3-5,16H,1-2H3,(H2,15,19). The molecule has 7 heteroatoms. The third-order valence-electron chi connectivity index (χ3n) is 2.61. The number of nitrogens with two attached hydrogens (primary N) is 1. The van der Waals surface area contributed by atoms with E-state index in [4.69, 9.17) is 5.73 Å². The van der Waals surface area contributed by atoms with Crippen molar-refractivity contribution in [2.45, 2.75) is 6.92 Å². The normalized spacial score (nSPS) is 10.5. The summed E-state index contributed by atoms with van der Waals surface area (Å²) in [6.45, 7) is 1.80. The average molecular weight is 282 g/mol. The number of hydrogen-bond donors (Lipinski definition) is 2. The van der Waals surface area contributed by atoms with Gasteiger partial charge in [0.25, 0.3) is 0 Å². The Morgan fingerprint density at radius 3 is 2.58 bits per heavy atom. The van der Waals surface area contributed by atoms with Crippen LogP contribution in [-0.4, -0.2) is 14.8 Å². The van der Waals surface area contributed by atoms with Crippen LogP contribution in [0.25, 0.3) is 0 Å². The molecule has 1 aromatic carbocycles. The second-order valence-electron chi connectivity index (χ2n) is 4.07. The maximum Gasteiger partial charge on any atom is 0.182 e. The first-order valence-corrected chi connectivity index (χ1v) is 5.86. The molecule has 4 nitrogen and oxygen atoms in total. The fraction of sp³-hybridized carbons (Fsp3) is 0.167. The van der Waals surface area contributed by atoms with E-state index in [1.165, 1.54) is 16.8 Å². The van der Waals surface area contributed by atoms with Crippen molar-refractivity contribution in [2.75, 3.05) is 5.32 Å². The number of nitrogens with zero attached hydrogens (tertiary/aromatic N) is 2. The van der Waals surface area contributed by atoms with Gasteiger partial charge in [-0.2, -0.15) is 5.10 Å². The highest BCUT2D eigenvalue weighted by Gasteiger charge is 2.16. The van der Waals surface area contributed by atoms with Gasteiger partial charge in [-0.1, -0.05) is 12.2 Å². The first kappa shape index (κ1) is 13.4. The Morgan fingerprint density at radius 2 is 2.05 bits per heavy atom. The fourth-order valence-electron chi connectivity index (χ4n) is 1.70. The molecule has 0 aliphatic heterocycles. The Labute approximate surface area is 114 Å². The molecule has 0 radical (unpaired) electrons. The summed E-state index contributed by atoms with van der Waals surface area (Å²) in [6.07, 6.45) is 0. The van der Waals surface area contributed by atoms with Crippen LogP contribution in [-0.2, 0) is 7.05 Å². The fourth-order valence-corrected chi connectivity index (χ4v) is 1.86. The van der Waals surface area contributed by atoms with Gasteiger partial charge in [-0.25, -0.2) is 8.78 Å². The molecule has 0 amide bonds. The molecule has 2 rings (SSSR count). The molecule has 0 atom stereocenters. The Hall–Kier alpha value is -2.02. The molecule has 19 heavy (non-hydrogen) atoms. The summed E-state index contributed by atoms with van der Waals surface area (Å²) in [7, 11) is 1.70. The van der Waals surface area contributed by atoms with Crippen molar-refractivity contribution in [1.29, 1.82) is 0 Å². The lowest BCUT2D eigenvalue weighted by Crippen LogP contribution is -2.13. The molecular weight excluding hydrogens is 270 g/mol. The Balaban J connectivity index is 2.39. The molecule has 0 aliphatic carbocycles. The summed E-state index contributed by atoms with van der Waals surface area (Å²) in [4.78, 5) is -0.181. The second-order valence-corrected chi connectivity index (χ2v) is 4.51. The minimum atomic E-state index is -1.06. The van der Waals surface area contributed by atoms with Gasteiger partial charge < -0.3 is 11.1 Å². The highest BCUT2D eigenvalue weighted by Crippen LogP contribution is 2.24. The van der Waals surface area contributed by atoms with Crippen molar-refractivity contribution in [3.8, 4) is 0 Å². The quantitative estimate of drug-likeness (QED) is 0.849. The number of hydrogen-bond acceptors (Lipinski definition) is 3. The van der Waals surface area contributed by atoms with Crippen molar-refractivity contribution in [3.63, 3.8) is 0 Å². The van der Waals surface area contributed by atoms with Crippen LogP contribution in [0.2, 0.25) is 0 Å². The van der Waals surface area contributed by atoms with E-state index in [-0.39, 0.29) is 16.2 Å². The van der Waals surface area contributed by atoms with Crippen molar-refractivity contribution in [3.05, 3.63) is 41.1 Å². The molecule has 1 heterocycles. The molecule has 100 valence electrons. The van der Waals surface area contributed by atoms with Crippen molar-refractivity contribution in [2.24, 2.45) is 12.8 Å². The monoisotopic (exact) mass is 282 g/mol. The van der Waals surface area contributed by atoms with Crippen LogP contribution in [0.3, 0.4) is 0 Å². The first-order valence-electron chi connectivity index (χ1n) is 5.45. The van der Waals surface area contributed by atoms with Crippen molar-refractivity contribution >= 4 is 28.7 Å². The number of thiocarbonyl (C=S) groups is 1. The molecule has 0 fully saturated rings. The predicted molar refractivity (Wildman–Crippen MR) is 73.5 cm³/mol. The van der Waals surface area contributed by atoms with Crippen molar-refractivity contribution < 1.29 is 8.78 Å². The topological polar surface area (TPSA) is 55.9 Å². The van der Waals surface area contributed by atoms with E-state index in [1.807, 2.05) is 0 Å². The second kappa shape index (κ2) is 4.93. The molecule has 0 bridgehead atoms. The van der Waals surface area contributed by atoms with Crippen LogP contribution < -0.4 is 11.1 Å². The number of anilines is 2. The molecule has 0 saturated carbocycles. The van der Waals surface area contributed by atoms with Gasteiger partial charge in [0.2, 0.25) is 0 Å². The van der Waals surface area contributed by atoms with E-state index in [0.29, 0.717) is 5.82 Å². The lowest BCUT2D eigenvalue weighted by atomic mass is 10.2. The van der Waals surface area contributed by atoms with E-state index in [0.717, 1.165) is 5.69 Å². The van der Waals surface area contributed by atoms with Gasteiger partial charge in [-0.15, -0.1) is 0 Å². The number of halogens is 2. The minimum Gasteiger partial charge on any atom is -0.389 e. The maximum absolute atomic E-state index is 13.9. The zero-order valence-corrected chi connectivity index (χ0v) is 11.2. The van der Waals surface area contributed by atoms with Gasteiger partial charge in [0, 0.05) is 18.7 Å². The zero-order valence-electron chi connectivity index (χ0n) is 10.4. The predicted octanol–water partition coefficient (Wildman–Crippen LogP) is 2.38. The van der Waals surface area contributed by atoms with E-state index in [2.05, 4.69) is 22.6 Å². The largest absolute Gasteiger partial charge is 0.389 e. The summed E-state index contributed by atoms with van der Waals surface area (Å²) in [5.41, 5.74) is 5.96. The summed E-state index contributed by atoms with van der Waals surface area (Å²) < 4.78 is 29.1. The third kappa shape index (κ3) is 2.55. The summed E-state index contributed by atoms with van der Waals surface area (Å²) >= 11 is 4.64. The molecule has 2 aromatic rings. The number of nitrogens with one attached hydrogen (secondary N) is 1. The van der Waals surface area contributed by atoms with E-state index in [1.54, 1.807) is 20.0 Å². The Morgan fingerprint density at radius 1 is 1.37 bits per heavy atom. The minimum absolute atomic E-state index is 0.000463. The lowest BCUT2D eigenvalue weighted by molar-refractivity contribution is 0.510. The first-order chi connectivity index (χ1) is 8.90. The molecule has 0 spiro atoms. The molecule has 0 unspecified atom stereocenters. The van der Waals surface area contributed by atoms with Gasteiger partial charge in [-0.05, 0) is 19.1 Å². The van der Waals surface area contributed by atoms with Crippen LogP contribution in [0, 0.1) is 18.6 Å². The number of aromatic nitrogens is 2. The average Bonchev–Trinajstić information content (AvgIpc) is 2.63. The summed E-state index contributed by atoms with van der Waals surface area (Å²) in [6, 6.07) is 4.44. The van der Waals surface area contributed by atoms with Crippen LogP contribution in [0.5, 0.6) is 0 Å². The molecular formula is C12H12F2N4S. The van der Waals surface area contributed by atoms with Crippen LogP contribution in [0.1, 0.15) is 11.3 Å². The van der Waals surface area contributed by atoms with Gasteiger partial charge >= 0.3 is 0 Å². The summed E-state index contributed by atoms with van der Waals surface area (Å²) in [5.74, 6) is -1.53. The van der Waals surface area contributed by atoms with Gasteiger partial charge in [0.1, 0.15) is 10.8 Å². The van der Waals surface area contributed by atoms with E-state index in [9.17, 15) is 8.78 Å². The smallest absolute Gasteiger partial charge is 0.182 e. The number of rotatable bonds is 3. The highest BCUT2D eigenvalue weighted by atomic mass is 32.1. The van der Waals surface area contributed by atoms with Gasteiger partial charge in [-0.3, -0.25) is 4.68 Å². The molecule has 0 aliphatic rings. The molecule has 3 N–H and O–H groups in total. The molecule has 0 saturated heterocycles. The van der Waals surface area contributed by atoms with Crippen LogP contribution in [0.15, 0.2) is 18.2 Å². The number of benzene rings is 1. The molecule has 1 aromatic heterocycles. The van der Waals surface area contributed by atoms with Crippen LogP contribution >= 0.6 is 12.2 Å². The van der Waals surface area contributed by atoms with E-state index >= 15 is 0 Å². The third-order valence-corrected chi connectivity index (χ3v) is 2.83. The summed E-state index contributed by atoms with van der Waals surface area (Å²) in [5, 5.41) is 6.87. The van der Waals surface area contributed by atoms with Crippen LogP contribution in [0.4, 0.5) is 20.3 Å². The highest BCUT2D eigenvalue weighted by molar-refractivity contribution is 7.80. The Bertz CT molecular complexity index is 651. The van der Waals surface area contributed by atoms with E-state index < -0.39 is 11.6 Å². The van der Waals surface area contributed by atoms with Crippen molar-refractivity contribution in [1.82, 2.24) is 9.78 Å². The van der Waals surface area contributed by atoms with Gasteiger partial charge in [0.15, 0.2) is 11.6 Å². The zero-order chi connectivity index (χ0) is 14.2. The lowest BCUT2D eigenvalue weighted by Gasteiger charge is -2.10. The number of aryl methyl sites for hydroxylation is 2. The maximum atomic E-state index is 13.9. The SMILES string of the molecule is Cc1cc(Nc2ccc(C(N)=S)c(F)c2F)n(C)n1. The Kier molecular flexibility index (Phi) is 3.48. The van der Waals surface area contributed by atoms with Gasteiger partial charge in [0.05, 0.1) is 11.4 Å².